The van der Waals surface area contributed by atoms with Crippen LogP contribution in [-0.2, 0) is 13.1 Å². The molecule has 0 aliphatic carbocycles. The molecule has 0 aliphatic rings. The first kappa shape index (κ1) is 15.2. The van der Waals surface area contributed by atoms with E-state index < -0.39 is 12.7 Å². The van der Waals surface area contributed by atoms with Gasteiger partial charge in [-0.25, -0.2) is 0 Å². The van der Waals surface area contributed by atoms with Crippen molar-refractivity contribution in [1.29, 1.82) is 0 Å². The summed E-state index contributed by atoms with van der Waals surface area (Å²) in [5, 5.41) is 4.45. The minimum Gasteiger partial charge on any atom is -0.338 e. The molecular weight excluding hydrogens is 289 g/mol. The van der Waals surface area contributed by atoms with E-state index in [0.717, 1.165) is 10.9 Å². The van der Waals surface area contributed by atoms with E-state index >= 15 is 0 Å². The van der Waals surface area contributed by atoms with Crippen LogP contribution in [0.1, 0.15) is 19.4 Å². The molecule has 1 aromatic heterocycles. The monoisotopic (exact) mass is 304 g/mol. The highest BCUT2D eigenvalue weighted by atomic mass is 35.5. The summed E-state index contributed by atoms with van der Waals surface area (Å²) in [7, 11) is 0. The molecule has 20 heavy (non-hydrogen) atoms. The lowest BCUT2D eigenvalue weighted by atomic mass is 10.1. The van der Waals surface area contributed by atoms with Crippen molar-refractivity contribution < 1.29 is 13.2 Å². The van der Waals surface area contributed by atoms with Gasteiger partial charge in [0.05, 0.1) is 5.52 Å². The molecule has 1 heterocycles. The van der Waals surface area contributed by atoms with Crippen LogP contribution in [0.5, 0.6) is 0 Å². The number of alkyl halides is 3. The van der Waals surface area contributed by atoms with Crippen LogP contribution in [0.2, 0.25) is 5.02 Å². The minimum absolute atomic E-state index is 0.267. The molecule has 0 amide bonds. The van der Waals surface area contributed by atoms with Crippen molar-refractivity contribution in [3.05, 3.63) is 35.0 Å². The second-order valence-electron chi connectivity index (χ2n) is 5.09. The lowest BCUT2D eigenvalue weighted by molar-refractivity contribution is -0.139. The Morgan fingerprint density at radius 1 is 1.30 bits per heavy atom. The van der Waals surface area contributed by atoms with Gasteiger partial charge < -0.3 is 9.88 Å². The number of nitrogens with one attached hydrogen (secondary N) is 1. The van der Waals surface area contributed by atoms with Crippen molar-refractivity contribution in [2.75, 3.05) is 0 Å². The predicted octanol–water partition coefficient (Wildman–Crippen LogP) is 4.36. The van der Waals surface area contributed by atoms with E-state index in [2.05, 4.69) is 5.32 Å². The van der Waals surface area contributed by atoms with Crippen LogP contribution in [0.3, 0.4) is 0 Å². The van der Waals surface area contributed by atoms with Gasteiger partial charge in [-0.3, -0.25) is 0 Å². The standard InChI is InChI=1S/C14H16ClF3N2/c1-9(2)19-6-10-7-20(8-14(16,17)18)13-5-11(15)3-4-12(10)13/h3-5,7,9,19H,6,8H2,1-2H3. The fourth-order valence-corrected chi connectivity index (χ4v) is 2.29. The van der Waals surface area contributed by atoms with Gasteiger partial charge in [-0.1, -0.05) is 31.5 Å². The van der Waals surface area contributed by atoms with E-state index in [1.165, 1.54) is 4.57 Å². The van der Waals surface area contributed by atoms with Gasteiger partial charge in [0, 0.05) is 29.2 Å². The van der Waals surface area contributed by atoms with Crippen molar-refractivity contribution in [3.63, 3.8) is 0 Å². The molecule has 0 radical (unpaired) electrons. The van der Waals surface area contributed by atoms with E-state index in [1.54, 1.807) is 24.4 Å². The van der Waals surface area contributed by atoms with Crippen molar-refractivity contribution in [2.24, 2.45) is 0 Å². The summed E-state index contributed by atoms with van der Waals surface area (Å²) in [5.41, 5.74) is 1.35. The molecule has 1 aromatic carbocycles. The Balaban J connectivity index is 2.43. The average Bonchev–Trinajstić information content (AvgIpc) is 2.62. The van der Waals surface area contributed by atoms with Crippen LogP contribution in [-0.4, -0.2) is 16.8 Å². The summed E-state index contributed by atoms with van der Waals surface area (Å²) in [6.45, 7) is 3.50. The van der Waals surface area contributed by atoms with Gasteiger partial charge in [-0.2, -0.15) is 13.2 Å². The zero-order chi connectivity index (χ0) is 14.9. The Labute approximate surface area is 120 Å². The predicted molar refractivity (Wildman–Crippen MR) is 75.0 cm³/mol. The molecule has 0 aliphatic heterocycles. The molecule has 2 aromatic rings. The highest BCUT2D eigenvalue weighted by molar-refractivity contribution is 6.31. The summed E-state index contributed by atoms with van der Waals surface area (Å²) >= 11 is 5.89. The first-order valence-corrected chi connectivity index (χ1v) is 6.71. The number of nitrogens with zero attached hydrogens (tertiary/aromatic N) is 1. The molecule has 0 bridgehead atoms. The number of hydrogen-bond donors (Lipinski definition) is 1. The first-order chi connectivity index (χ1) is 9.26. The van der Waals surface area contributed by atoms with Crippen LogP contribution in [0.25, 0.3) is 10.9 Å². The van der Waals surface area contributed by atoms with Crippen LogP contribution >= 0.6 is 11.6 Å². The van der Waals surface area contributed by atoms with Gasteiger partial charge in [0.1, 0.15) is 6.54 Å². The average molecular weight is 305 g/mol. The summed E-state index contributed by atoms with van der Waals surface area (Å²) in [6.07, 6.45) is -2.71. The van der Waals surface area contributed by atoms with E-state index in [1.807, 2.05) is 13.8 Å². The number of fused-ring (bicyclic) bond motifs is 1. The maximum Gasteiger partial charge on any atom is 0.406 e. The van der Waals surface area contributed by atoms with Gasteiger partial charge >= 0.3 is 6.18 Å². The number of benzene rings is 1. The van der Waals surface area contributed by atoms with Crippen molar-refractivity contribution in [1.82, 2.24) is 9.88 Å². The Kier molecular flexibility index (Phi) is 4.30. The lowest BCUT2D eigenvalue weighted by Gasteiger charge is -2.09. The van der Waals surface area contributed by atoms with E-state index in [-0.39, 0.29) is 6.04 Å². The first-order valence-electron chi connectivity index (χ1n) is 6.33. The molecule has 0 saturated carbocycles. The summed E-state index contributed by atoms with van der Waals surface area (Å²) < 4.78 is 39.1. The highest BCUT2D eigenvalue weighted by Gasteiger charge is 2.28. The van der Waals surface area contributed by atoms with Gasteiger partial charge in [0.15, 0.2) is 0 Å². The molecule has 0 atom stereocenters. The van der Waals surface area contributed by atoms with Crippen LogP contribution < -0.4 is 5.32 Å². The molecule has 0 unspecified atom stereocenters. The van der Waals surface area contributed by atoms with Crippen molar-refractivity contribution in [3.8, 4) is 0 Å². The molecule has 2 rings (SSSR count). The number of hydrogen-bond acceptors (Lipinski definition) is 1. The molecule has 1 N–H and O–H groups in total. The summed E-state index contributed by atoms with van der Waals surface area (Å²) in [4.78, 5) is 0. The minimum atomic E-state index is -4.25. The summed E-state index contributed by atoms with van der Waals surface area (Å²) in [5.74, 6) is 0. The zero-order valence-electron chi connectivity index (χ0n) is 11.3. The topological polar surface area (TPSA) is 17.0 Å². The Hall–Kier alpha value is -1.20. The van der Waals surface area contributed by atoms with E-state index in [4.69, 9.17) is 11.6 Å². The molecular formula is C14H16ClF3N2. The Morgan fingerprint density at radius 3 is 2.60 bits per heavy atom. The third-order valence-corrected chi connectivity index (χ3v) is 3.21. The Bertz CT molecular complexity index is 602. The number of aromatic nitrogens is 1. The molecule has 0 saturated heterocycles. The van der Waals surface area contributed by atoms with Crippen molar-refractivity contribution in [2.45, 2.75) is 39.2 Å². The van der Waals surface area contributed by atoms with E-state index in [0.29, 0.717) is 17.1 Å². The maximum absolute atomic E-state index is 12.6. The Morgan fingerprint density at radius 2 is 2.00 bits per heavy atom. The summed E-state index contributed by atoms with van der Waals surface area (Å²) in [6, 6.07) is 5.30. The van der Waals surface area contributed by atoms with E-state index in [9.17, 15) is 13.2 Å². The van der Waals surface area contributed by atoms with Gasteiger partial charge in [0.25, 0.3) is 0 Å². The largest absolute Gasteiger partial charge is 0.406 e. The fourth-order valence-electron chi connectivity index (χ4n) is 2.12. The number of halogens is 4. The molecule has 0 spiro atoms. The second-order valence-corrected chi connectivity index (χ2v) is 5.53. The normalized spacial score (nSPS) is 12.6. The smallest absolute Gasteiger partial charge is 0.338 e. The van der Waals surface area contributed by atoms with Gasteiger partial charge in [-0.15, -0.1) is 0 Å². The number of rotatable bonds is 4. The molecule has 110 valence electrons. The van der Waals surface area contributed by atoms with Crippen molar-refractivity contribution >= 4 is 22.5 Å². The van der Waals surface area contributed by atoms with Crippen LogP contribution in [0, 0.1) is 0 Å². The lowest BCUT2D eigenvalue weighted by Crippen LogP contribution is -2.21. The second kappa shape index (κ2) is 5.66. The SMILES string of the molecule is CC(C)NCc1cn(CC(F)(F)F)c2cc(Cl)ccc12. The molecule has 0 fully saturated rings. The molecule has 6 heteroatoms. The highest BCUT2D eigenvalue weighted by Crippen LogP contribution is 2.28. The van der Waals surface area contributed by atoms with Gasteiger partial charge in [-0.05, 0) is 17.7 Å². The van der Waals surface area contributed by atoms with Crippen LogP contribution in [0.15, 0.2) is 24.4 Å². The van der Waals surface area contributed by atoms with Gasteiger partial charge in [0.2, 0.25) is 0 Å². The van der Waals surface area contributed by atoms with Crippen LogP contribution in [0.4, 0.5) is 13.2 Å². The fraction of sp³-hybridized carbons (Fsp3) is 0.429. The third-order valence-electron chi connectivity index (χ3n) is 2.98. The zero-order valence-corrected chi connectivity index (χ0v) is 12.0. The quantitative estimate of drug-likeness (QED) is 0.888. The third kappa shape index (κ3) is 3.67. The maximum atomic E-state index is 12.6. The molecule has 2 nitrogen and oxygen atoms in total.